The topological polar surface area (TPSA) is 53.6 Å². The number of nitrogens with zero attached hydrogens (tertiary/aromatic N) is 4. The molecule has 6 nitrogen and oxygen atoms in total. The fourth-order valence-electron chi connectivity index (χ4n) is 5.49. The highest BCUT2D eigenvalue weighted by atomic mass is 16.5. The van der Waals surface area contributed by atoms with Gasteiger partial charge in [0.15, 0.2) is 0 Å². The minimum Gasteiger partial charge on any atom is -0.489 e. The average Bonchev–Trinajstić information content (AvgIpc) is 3.56. The van der Waals surface area contributed by atoms with Crippen molar-refractivity contribution in [2.75, 3.05) is 6.61 Å². The molecule has 1 unspecified atom stereocenters. The van der Waals surface area contributed by atoms with Crippen molar-refractivity contribution in [2.24, 2.45) is 0 Å². The lowest BCUT2D eigenvalue weighted by Crippen LogP contribution is -2.19. The predicted molar refractivity (Wildman–Crippen MR) is 131 cm³/mol. The maximum atomic E-state index is 6.08. The smallest absolute Gasteiger partial charge is 0.150 e. The molecule has 1 saturated heterocycles. The van der Waals surface area contributed by atoms with Crippen LogP contribution in [0.2, 0.25) is 0 Å². The summed E-state index contributed by atoms with van der Waals surface area (Å²) in [6, 6.07) is 16.6. The van der Waals surface area contributed by atoms with Gasteiger partial charge in [-0.05, 0) is 68.6 Å². The lowest BCUT2D eigenvalue weighted by atomic mass is 9.78. The van der Waals surface area contributed by atoms with Crippen LogP contribution in [0.3, 0.4) is 0 Å². The summed E-state index contributed by atoms with van der Waals surface area (Å²) >= 11 is 0. The predicted octanol–water partition coefficient (Wildman–Crippen LogP) is 6.25. The molecule has 176 valence electrons. The van der Waals surface area contributed by atoms with Gasteiger partial charge in [0.05, 0.1) is 17.4 Å². The van der Waals surface area contributed by atoms with E-state index in [-0.39, 0.29) is 6.23 Å². The fourth-order valence-corrected chi connectivity index (χ4v) is 5.49. The zero-order valence-corrected chi connectivity index (χ0v) is 19.6. The van der Waals surface area contributed by atoms with Crippen LogP contribution in [0.15, 0.2) is 67.1 Å². The molecule has 1 aliphatic carbocycles. The van der Waals surface area contributed by atoms with E-state index in [4.69, 9.17) is 14.6 Å². The Kier molecular flexibility index (Phi) is 6.06. The van der Waals surface area contributed by atoms with E-state index in [0.717, 1.165) is 50.0 Å². The van der Waals surface area contributed by atoms with Gasteiger partial charge >= 0.3 is 0 Å². The van der Waals surface area contributed by atoms with E-state index in [0.29, 0.717) is 18.4 Å². The summed E-state index contributed by atoms with van der Waals surface area (Å²) in [5.41, 5.74) is 4.90. The second kappa shape index (κ2) is 9.63. The van der Waals surface area contributed by atoms with Gasteiger partial charge in [-0.3, -0.25) is 0 Å². The molecule has 0 amide bonds. The number of benzene rings is 1. The SMILES string of the molecule is c1ccc(COc2ccn3ncc([C@H]4CC[C@H](c5ccn(C6CCCCO6)n5)CC4)c3c2)cc1. The second-order valence-electron chi connectivity index (χ2n) is 9.66. The van der Waals surface area contributed by atoms with E-state index < -0.39 is 0 Å². The molecule has 34 heavy (non-hydrogen) atoms. The third-order valence-electron chi connectivity index (χ3n) is 7.44. The summed E-state index contributed by atoms with van der Waals surface area (Å²) in [5, 5.41) is 9.53. The van der Waals surface area contributed by atoms with E-state index in [1.807, 2.05) is 39.7 Å². The van der Waals surface area contributed by atoms with E-state index in [1.165, 1.54) is 29.7 Å². The molecule has 1 aliphatic heterocycles. The van der Waals surface area contributed by atoms with Crippen molar-refractivity contribution in [3.05, 3.63) is 83.9 Å². The van der Waals surface area contributed by atoms with Gasteiger partial charge in [0, 0.05) is 36.5 Å². The Bertz CT molecular complexity index is 1220. The van der Waals surface area contributed by atoms with Gasteiger partial charge in [0.2, 0.25) is 0 Å². The summed E-state index contributed by atoms with van der Waals surface area (Å²) < 4.78 is 16.0. The summed E-state index contributed by atoms with van der Waals surface area (Å²) in [5.74, 6) is 1.96. The van der Waals surface area contributed by atoms with Crippen molar-refractivity contribution in [3.63, 3.8) is 0 Å². The third kappa shape index (κ3) is 4.47. The Morgan fingerprint density at radius 3 is 2.59 bits per heavy atom. The molecule has 0 N–H and O–H groups in total. The van der Waals surface area contributed by atoms with E-state index in [9.17, 15) is 0 Å². The molecule has 6 rings (SSSR count). The lowest BCUT2D eigenvalue weighted by molar-refractivity contribution is -0.0397. The number of aromatic nitrogens is 4. The molecule has 3 aromatic heterocycles. The van der Waals surface area contributed by atoms with Crippen molar-refractivity contribution in [1.29, 1.82) is 0 Å². The minimum absolute atomic E-state index is 0.121. The summed E-state index contributed by atoms with van der Waals surface area (Å²) in [4.78, 5) is 0. The number of ether oxygens (including phenoxy) is 2. The molecule has 1 saturated carbocycles. The number of hydrogen-bond donors (Lipinski definition) is 0. The molecule has 1 aromatic carbocycles. The molecule has 2 aliphatic rings. The van der Waals surface area contributed by atoms with Crippen molar-refractivity contribution >= 4 is 5.52 Å². The van der Waals surface area contributed by atoms with Gasteiger partial charge in [-0.25, -0.2) is 9.20 Å². The zero-order valence-electron chi connectivity index (χ0n) is 19.6. The van der Waals surface area contributed by atoms with Crippen LogP contribution in [0, 0.1) is 0 Å². The first-order chi connectivity index (χ1) is 16.8. The minimum atomic E-state index is 0.121. The van der Waals surface area contributed by atoms with Gasteiger partial charge in [-0.1, -0.05) is 30.3 Å². The van der Waals surface area contributed by atoms with Crippen LogP contribution in [0.4, 0.5) is 0 Å². The quantitative estimate of drug-likeness (QED) is 0.344. The van der Waals surface area contributed by atoms with Crippen LogP contribution >= 0.6 is 0 Å². The van der Waals surface area contributed by atoms with Gasteiger partial charge in [-0.2, -0.15) is 10.2 Å². The van der Waals surface area contributed by atoms with Gasteiger partial charge in [-0.15, -0.1) is 0 Å². The van der Waals surface area contributed by atoms with Crippen molar-refractivity contribution < 1.29 is 9.47 Å². The molecular weight excluding hydrogens is 424 g/mol. The lowest BCUT2D eigenvalue weighted by Gasteiger charge is -2.27. The van der Waals surface area contributed by atoms with Crippen LogP contribution in [-0.4, -0.2) is 26.0 Å². The molecule has 2 fully saturated rings. The van der Waals surface area contributed by atoms with Gasteiger partial charge in [0.25, 0.3) is 0 Å². The van der Waals surface area contributed by atoms with Crippen LogP contribution in [0.1, 0.15) is 79.8 Å². The fraction of sp³-hybridized carbons (Fsp3) is 0.429. The van der Waals surface area contributed by atoms with Crippen molar-refractivity contribution in [2.45, 2.75) is 69.6 Å². The maximum absolute atomic E-state index is 6.08. The molecule has 1 atom stereocenters. The van der Waals surface area contributed by atoms with Crippen LogP contribution in [0.5, 0.6) is 5.75 Å². The number of fused-ring (bicyclic) bond motifs is 1. The Labute approximate surface area is 200 Å². The normalized spacial score (nSPS) is 23.2. The van der Waals surface area contributed by atoms with E-state index in [2.05, 4.69) is 41.8 Å². The first-order valence-corrected chi connectivity index (χ1v) is 12.6. The Hall–Kier alpha value is -3.12. The standard InChI is InChI=1S/C28H32N4O2/c1-2-6-21(7-3-1)20-34-24-13-15-31-27(18-24)25(19-29-31)22-9-11-23(12-10-22)26-14-16-32(30-26)28-8-4-5-17-33-28/h1-3,6-7,13-16,18-19,22-23,28H,4-5,8-12,17,20H2/t22-,23-,28?. The Morgan fingerprint density at radius 1 is 0.912 bits per heavy atom. The van der Waals surface area contributed by atoms with Crippen LogP contribution in [0.25, 0.3) is 5.52 Å². The van der Waals surface area contributed by atoms with E-state index in [1.54, 1.807) is 0 Å². The summed E-state index contributed by atoms with van der Waals surface area (Å²) in [6.45, 7) is 1.42. The van der Waals surface area contributed by atoms with Gasteiger partial charge in [0.1, 0.15) is 18.6 Å². The molecule has 4 heterocycles. The second-order valence-corrected chi connectivity index (χ2v) is 9.66. The summed E-state index contributed by atoms with van der Waals surface area (Å²) in [7, 11) is 0. The highest BCUT2D eigenvalue weighted by Crippen LogP contribution is 2.41. The van der Waals surface area contributed by atoms with Crippen molar-refractivity contribution in [1.82, 2.24) is 19.4 Å². The number of hydrogen-bond acceptors (Lipinski definition) is 4. The van der Waals surface area contributed by atoms with Crippen LogP contribution < -0.4 is 4.74 Å². The average molecular weight is 457 g/mol. The molecule has 0 spiro atoms. The largest absolute Gasteiger partial charge is 0.489 e. The molecule has 4 aromatic rings. The maximum Gasteiger partial charge on any atom is 0.150 e. The molecule has 6 heteroatoms. The highest BCUT2D eigenvalue weighted by Gasteiger charge is 2.27. The molecular formula is C28H32N4O2. The Balaban J connectivity index is 1.11. The van der Waals surface area contributed by atoms with E-state index >= 15 is 0 Å². The Morgan fingerprint density at radius 2 is 1.76 bits per heavy atom. The summed E-state index contributed by atoms with van der Waals surface area (Å²) in [6.07, 6.45) is 14.4. The number of pyridine rings is 1. The van der Waals surface area contributed by atoms with Gasteiger partial charge < -0.3 is 9.47 Å². The molecule has 0 bridgehead atoms. The third-order valence-corrected chi connectivity index (χ3v) is 7.44. The highest BCUT2D eigenvalue weighted by molar-refractivity contribution is 5.58. The zero-order chi connectivity index (χ0) is 22.7. The van der Waals surface area contributed by atoms with Crippen molar-refractivity contribution in [3.8, 4) is 5.75 Å². The molecule has 0 radical (unpaired) electrons. The monoisotopic (exact) mass is 456 g/mol. The first kappa shape index (κ1) is 21.4. The first-order valence-electron chi connectivity index (χ1n) is 12.6. The van der Waals surface area contributed by atoms with Crippen LogP contribution in [-0.2, 0) is 11.3 Å². The number of rotatable bonds is 6.